The van der Waals surface area contributed by atoms with E-state index in [2.05, 4.69) is 20.6 Å². The van der Waals surface area contributed by atoms with Crippen LogP contribution in [0.4, 0.5) is 0 Å². The zero-order chi connectivity index (χ0) is 26.6. The van der Waals surface area contributed by atoms with Gasteiger partial charge in [0.2, 0.25) is 5.91 Å². The number of carbonyl (C=O) groups is 3. The predicted molar refractivity (Wildman–Crippen MR) is 138 cm³/mol. The lowest BCUT2D eigenvalue weighted by Crippen LogP contribution is -2.52. The number of aromatic amines is 1. The van der Waals surface area contributed by atoms with Crippen molar-refractivity contribution in [3.8, 4) is 0 Å². The number of sulfonamides is 1. The first kappa shape index (κ1) is 26.5. The standard InChI is InChI=1S/C26H31N5O5S/c1-17(2)14-22(30-25(33)19-9-8-18-10-12-27-21(18)15-19)26(34)29-20-6-5-13-31(16-23(20)32)37(35,36)24-7-3-4-11-28-24/h3-4,7-12,15,17,20,22,27H,5-6,13-14,16H2,1-2H3,(H,29,34)(H,30,33)/t20?,22-/m0/s1. The molecule has 1 fully saturated rings. The van der Waals surface area contributed by atoms with Crippen LogP contribution in [-0.4, -0.2) is 65.5 Å². The van der Waals surface area contributed by atoms with E-state index in [1.165, 1.54) is 12.3 Å². The van der Waals surface area contributed by atoms with Crippen LogP contribution in [0, 0.1) is 5.92 Å². The molecule has 10 nitrogen and oxygen atoms in total. The van der Waals surface area contributed by atoms with Gasteiger partial charge in [-0.1, -0.05) is 26.0 Å². The second-order valence-corrected chi connectivity index (χ2v) is 11.5. The Morgan fingerprint density at radius 1 is 1.19 bits per heavy atom. The number of nitrogens with one attached hydrogen (secondary N) is 3. The molecule has 0 bridgehead atoms. The predicted octanol–water partition coefficient (Wildman–Crippen LogP) is 2.25. The minimum absolute atomic E-state index is 0.103. The van der Waals surface area contributed by atoms with E-state index in [-0.39, 0.29) is 24.0 Å². The highest BCUT2D eigenvalue weighted by Crippen LogP contribution is 2.19. The van der Waals surface area contributed by atoms with Crippen molar-refractivity contribution in [1.82, 2.24) is 24.9 Å². The van der Waals surface area contributed by atoms with Gasteiger partial charge in [-0.05, 0) is 60.9 Å². The van der Waals surface area contributed by atoms with Crippen molar-refractivity contribution >= 4 is 38.5 Å². The molecule has 2 amide bonds. The lowest BCUT2D eigenvalue weighted by atomic mass is 10.0. The molecule has 0 aliphatic carbocycles. The number of Topliss-reactive ketones (excluding diaryl/α,β-unsaturated/α-hetero) is 1. The summed E-state index contributed by atoms with van der Waals surface area (Å²) in [6, 6.07) is 10.0. The van der Waals surface area contributed by atoms with Crippen molar-refractivity contribution < 1.29 is 22.8 Å². The van der Waals surface area contributed by atoms with E-state index in [9.17, 15) is 22.8 Å². The number of carbonyl (C=O) groups excluding carboxylic acids is 3. The topological polar surface area (TPSA) is 141 Å². The highest BCUT2D eigenvalue weighted by atomic mass is 32.2. The molecule has 3 N–H and O–H groups in total. The lowest BCUT2D eigenvalue weighted by Gasteiger charge is -2.23. The van der Waals surface area contributed by atoms with E-state index < -0.39 is 39.7 Å². The van der Waals surface area contributed by atoms with Crippen molar-refractivity contribution in [2.75, 3.05) is 13.1 Å². The van der Waals surface area contributed by atoms with E-state index in [4.69, 9.17) is 0 Å². The zero-order valence-electron chi connectivity index (χ0n) is 20.8. The molecule has 1 aromatic carbocycles. The van der Waals surface area contributed by atoms with Gasteiger partial charge in [0.1, 0.15) is 6.04 Å². The van der Waals surface area contributed by atoms with E-state index >= 15 is 0 Å². The van der Waals surface area contributed by atoms with E-state index in [1.54, 1.807) is 30.5 Å². The molecule has 3 heterocycles. The van der Waals surface area contributed by atoms with E-state index in [1.807, 2.05) is 26.0 Å². The number of hydrogen-bond donors (Lipinski definition) is 3. The van der Waals surface area contributed by atoms with Crippen LogP contribution < -0.4 is 10.6 Å². The maximum Gasteiger partial charge on any atom is 0.260 e. The van der Waals surface area contributed by atoms with Crippen LogP contribution in [0.5, 0.6) is 0 Å². The fraction of sp³-hybridized carbons (Fsp3) is 0.385. The first-order valence-corrected chi connectivity index (χ1v) is 13.7. The van der Waals surface area contributed by atoms with Crippen molar-refractivity contribution in [3.05, 3.63) is 60.4 Å². The van der Waals surface area contributed by atoms with Gasteiger partial charge in [0, 0.05) is 30.0 Å². The molecule has 2 atom stereocenters. The Labute approximate surface area is 215 Å². The van der Waals surface area contributed by atoms with Crippen LogP contribution in [0.1, 0.15) is 43.5 Å². The molecule has 37 heavy (non-hydrogen) atoms. The van der Waals surface area contributed by atoms with Gasteiger partial charge in [0.05, 0.1) is 12.6 Å². The third kappa shape index (κ3) is 6.23. The SMILES string of the molecule is CC(C)C[C@H](NC(=O)c1ccc2cc[nH]c2c1)C(=O)NC1CCCN(S(=O)(=O)c2ccccn2)CC1=O. The average Bonchev–Trinajstić information content (AvgIpc) is 3.27. The van der Waals surface area contributed by atoms with E-state index in [0.29, 0.717) is 24.8 Å². The van der Waals surface area contributed by atoms with Gasteiger partial charge in [-0.2, -0.15) is 4.31 Å². The summed E-state index contributed by atoms with van der Waals surface area (Å²) in [4.78, 5) is 46.1. The summed E-state index contributed by atoms with van der Waals surface area (Å²) in [6.45, 7) is 3.66. The number of pyridine rings is 1. The van der Waals surface area contributed by atoms with Gasteiger partial charge in [0.15, 0.2) is 10.8 Å². The Morgan fingerprint density at radius 3 is 2.73 bits per heavy atom. The van der Waals surface area contributed by atoms with Gasteiger partial charge in [-0.25, -0.2) is 13.4 Å². The van der Waals surface area contributed by atoms with Crippen molar-refractivity contribution in [2.45, 2.75) is 50.2 Å². The molecule has 3 aromatic rings. The molecule has 1 aliphatic rings. The van der Waals surface area contributed by atoms with Gasteiger partial charge >= 0.3 is 0 Å². The van der Waals surface area contributed by atoms with Gasteiger partial charge in [-0.3, -0.25) is 14.4 Å². The van der Waals surface area contributed by atoms with Crippen LogP contribution in [0.25, 0.3) is 10.9 Å². The molecule has 11 heteroatoms. The van der Waals surface area contributed by atoms with Gasteiger partial charge < -0.3 is 15.6 Å². The largest absolute Gasteiger partial charge is 0.361 e. The quantitative estimate of drug-likeness (QED) is 0.412. The number of rotatable bonds is 8. The van der Waals surface area contributed by atoms with Gasteiger partial charge in [-0.15, -0.1) is 0 Å². The third-order valence-electron chi connectivity index (χ3n) is 6.33. The first-order valence-electron chi connectivity index (χ1n) is 12.3. The molecule has 4 rings (SSSR count). The normalized spacial score (nSPS) is 17.9. The molecule has 1 saturated heterocycles. The van der Waals surface area contributed by atoms with Crippen molar-refractivity contribution in [3.63, 3.8) is 0 Å². The number of aromatic nitrogens is 2. The highest BCUT2D eigenvalue weighted by molar-refractivity contribution is 7.89. The number of amides is 2. The molecule has 0 radical (unpaired) electrons. The number of H-pyrrole nitrogens is 1. The maximum atomic E-state index is 13.2. The fourth-order valence-electron chi connectivity index (χ4n) is 4.39. The summed E-state index contributed by atoms with van der Waals surface area (Å²) >= 11 is 0. The molecule has 0 spiro atoms. The van der Waals surface area contributed by atoms with Crippen LogP contribution in [0.3, 0.4) is 0 Å². The van der Waals surface area contributed by atoms with Crippen molar-refractivity contribution in [1.29, 1.82) is 0 Å². The number of hydrogen-bond acceptors (Lipinski definition) is 6. The second kappa shape index (κ2) is 11.2. The maximum absolute atomic E-state index is 13.2. The number of ketones is 1. The highest BCUT2D eigenvalue weighted by Gasteiger charge is 2.34. The zero-order valence-corrected chi connectivity index (χ0v) is 21.6. The Kier molecular flexibility index (Phi) is 8.03. The second-order valence-electron chi connectivity index (χ2n) is 9.61. The fourth-order valence-corrected chi connectivity index (χ4v) is 5.77. The molecule has 0 saturated carbocycles. The van der Waals surface area contributed by atoms with E-state index in [0.717, 1.165) is 15.2 Å². The molecule has 196 valence electrons. The molecular weight excluding hydrogens is 494 g/mol. The molecule has 2 aromatic heterocycles. The summed E-state index contributed by atoms with van der Waals surface area (Å²) < 4.78 is 27.0. The van der Waals surface area contributed by atoms with Crippen LogP contribution >= 0.6 is 0 Å². The summed E-state index contributed by atoms with van der Waals surface area (Å²) in [5.41, 5.74) is 1.23. The first-order chi connectivity index (χ1) is 17.6. The molecule has 1 aliphatic heterocycles. The Balaban J connectivity index is 1.44. The average molecular weight is 526 g/mol. The number of nitrogens with zero attached hydrogens (tertiary/aromatic N) is 2. The van der Waals surface area contributed by atoms with Crippen LogP contribution in [0.15, 0.2) is 59.9 Å². The molecule has 1 unspecified atom stereocenters. The van der Waals surface area contributed by atoms with Crippen molar-refractivity contribution in [2.24, 2.45) is 5.92 Å². The monoisotopic (exact) mass is 525 g/mol. The Hall–Kier alpha value is -3.57. The summed E-state index contributed by atoms with van der Waals surface area (Å²) in [5.74, 6) is -1.16. The third-order valence-corrected chi connectivity index (χ3v) is 8.09. The summed E-state index contributed by atoms with van der Waals surface area (Å²) in [7, 11) is -3.93. The number of fused-ring (bicyclic) bond motifs is 1. The Bertz CT molecular complexity index is 1390. The van der Waals surface area contributed by atoms with Crippen LogP contribution in [0.2, 0.25) is 0 Å². The van der Waals surface area contributed by atoms with Gasteiger partial charge in [0.25, 0.3) is 15.9 Å². The molecular formula is C26H31N5O5S. The Morgan fingerprint density at radius 2 is 2.00 bits per heavy atom. The lowest BCUT2D eigenvalue weighted by molar-refractivity contribution is -0.129. The summed E-state index contributed by atoms with van der Waals surface area (Å²) in [6.07, 6.45) is 4.23. The smallest absolute Gasteiger partial charge is 0.260 e. The minimum Gasteiger partial charge on any atom is -0.361 e. The minimum atomic E-state index is -3.93. The summed E-state index contributed by atoms with van der Waals surface area (Å²) in [5, 5.41) is 6.42. The van der Waals surface area contributed by atoms with Crippen LogP contribution in [-0.2, 0) is 19.6 Å². The number of benzene rings is 1.